The second-order valence-corrected chi connectivity index (χ2v) is 5.66. The summed E-state index contributed by atoms with van der Waals surface area (Å²) < 4.78 is 27.4. The van der Waals surface area contributed by atoms with Crippen molar-refractivity contribution in [2.75, 3.05) is 0 Å². The molecular weight excluding hydrogens is 264 g/mol. The Morgan fingerprint density at radius 3 is 2.21 bits per heavy atom. The average molecular weight is 281 g/mol. The molecule has 1 nitrogen and oxygen atoms in total. The first-order chi connectivity index (χ1) is 9.00. The van der Waals surface area contributed by atoms with E-state index in [4.69, 9.17) is 0 Å². The summed E-state index contributed by atoms with van der Waals surface area (Å²) in [7, 11) is 0. The third-order valence-corrected chi connectivity index (χ3v) is 4.43. The van der Waals surface area contributed by atoms with E-state index in [0.717, 1.165) is 0 Å². The quantitative estimate of drug-likeness (QED) is 0.853. The summed E-state index contributed by atoms with van der Waals surface area (Å²) in [5.74, 6) is -1.01. The summed E-state index contributed by atoms with van der Waals surface area (Å²) in [6, 6.07) is 5.70. The number of nitrogens with one attached hydrogen (secondary N) is 1. The summed E-state index contributed by atoms with van der Waals surface area (Å²) in [5, 5.41) is 5.28. The van der Waals surface area contributed by atoms with Gasteiger partial charge in [0.05, 0.1) is 0 Å². The highest BCUT2D eigenvalue weighted by atomic mass is 32.1. The molecule has 0 fully saturated rings. The molecule has 19 heavy (non-hydrogen) atoms. The van der Waals surface area contributed by atoms with Crippen LogP contribution in [0.5, 0.6) is 0 Å². The van der Waals surface area contributed by atoms with E-state index < -0.39 is 11.6 Å². The van der Waals surface area contributed by atoms with Crippen molar-refractivity contribution in [1.29, 1.82) is 0 Å². The van der Waals surface area contributed by atoms with Crippen LogP contribution in [0.1, 0.15) is 41.9 Å². The van der Waals surface area contributed by atoms with Crippen LogP contribution >= 0.6 is 11.3 Å². The van der Waals surface area contributed by atoms with Gasteiger partial charge in [-0.1, -0.05) is 6.07 Å². The van der Waals surface area contributed by atoms with Crippen molar-refractivity contribution in [2.24, 2.45) is 0 Å². The first-order valence-corrected chi connectivity index (χ1v) is 7.12. The molecule has 102 valence electrons. The van der Waals surface area contributed by atoms with E-state index in [9.17, 15) is 8.78 Å². The smallest absolute Gasteiger partial charge is 0.130 e. The van der Waals surface area contributed by atoms with Gasteiger partial charge in [0.2, 0.25) is 0 Å². The van der Waals surface area contributed by atoms with E-state index in [1.54, 1.807) is 18.3 Å². The van der Waals surface area contributed by atoms with Crippen molar-refractivity contribution < 1.29 is 8.78 Å². The second kappa shape index (κ2) is 5.80. The Hall–Kier alpha value is -1.26. The van der Waals surface area contributed by atoms with Gasteiger partial charge in [0, 0.05) is 22.5 Å². The molecule has 2 atom stereocenters. The molecule has 0 saturated heterocycles. The number of rotatable bonds is 4. The Morgan fingerprint density at radius 2 is 1.68 bits per heavy atom. The molecule has 0 bridgehead atoms. The van der Waals surface area contributed by atoms with Gasteiger partial charge in [-0.25, -0.2) is 8.78 Å². The highest BCUT2D eigenvalue weighted by Gasteiger charge is 2.19. The Kier molecular flexibility index (Phi) is 4.32. The first kappa shape index (κ1) is 14.2. The van der Waals surface area contributed by atoms with Gasteiger partial charge in [0.15, 0.2) is 0 Å². The topological polar surface area (TPSA) is 12.0 Å². The minimum absolute atomic E-state index is 0.0639. The van der Waals surface area contributed by atoms with Crippen molar-refractivity contribution in [3.8, 4) is 0 Å². The van der Waals surface area contributed by atoms with Gasteiger partial charge in [-0.05, 0) is 49.9 Å². The molecule has 0 aliphatic heterocycles. The fourth-order valence-electron chi connectivity index (χ4n) is 2.29. The monoisotopic (exact) mass is 281 g/mol. The van der Waals surface area contributed by atoms with Crippen LogP contribution in [-0.4, -0.2) is 0 Å². The summed E-state index contributed by atoms with van der Waals surface area (Å²) in [6.07, 6.45) is 0. The number of benzene rings is 1. The van der Waals surface area contributed by atoms with Crippen molar-refractivity contribution in [2.45, 2.75) is 32.9 Å². The summed E-state index contributed by atoms with van der Waals surface area (Å²) in [4.78, 5) is 1.20. The molecule has 1 aromatic heterocycles. The highest BCUT2D eigenvalue weighted by Crippen LogP contribution is 2.27. The lowest BCUT2D eigenvalue weighted by Crippen LogP contribution is -2.24. The first-order valence-electron chi connectivity index (χ1n) is 6.24. The van der Waals surface area contributed by atoms with E-state index in [1.807, 2.05) is 25.3 Å². The van der Waals surface area contributed by atoms with Crippen LogP contribution in [0.4, 0.5) is 8.78 Å². The van der Waals surface area contributed by atoms with Crippen molar-refractivity contribution >= 4 is 11.3 Å². The Balaban J connectivity index is 2.18. The fourth-order valence-corrected chi connectivity index (χ4v) is 3.23. The van der Waals surface area contributed by atoms with E-state index >= 15 is 0 Å². The normalized spacial score (nSPS) is 14.4. The number of halogens is 2. The molecule has 2 aromatic rings. The molecule has 0 spiro atoms. The summed E-state index contributed by atoms with van der Waals surface area (Å²) in [5.41, 5.74) is 1.30. The average Bonchev–Trinajstić information content (AvgIpc) is 2.75. The lowest BCUT2D eigenvalue weighted by atomic mass is 10.1. The van der Waals surface area contributed by atoms with Gasteiger partial charge in [-0.3, -0.25) is 0 Å². The van der Waals surface area contributed by atoms with Crippen LogP contribution < -0.4 is 5.32 Å². The van der Waals surface area contributed by atoms with Crippen LogP contribution in [0.15, 0.2) is 29.6 Å². The largest absolute Gasteiger partial charge is 0.303 e. The van der Waals surface area contributed by atoms with Crippen LogP contribution in [0.3, 0.4) is 0 Å². The standard InChI is InChI=1S/C15H17F2NS/c1-9-7-8-19-15(9)11(3)18-10(2)14-12(16)5-4-6-13(14)17/h4-8,10-11,18H,1-3H3. The van der Waals surface area contributed by atoms with Crippen molar-refractivity contribution in [3.63, 3.8) is 0 Å². The van der Waals surface area contributed by atoms with E-state index in [2.05, 4.69) is 5.32 Å². The number of hydrogen-bond acceptors (Lipinski definition) is 2. The Labute approximate surface area is 116 Å². The minimum atomic E-state index is -0.505. The maximum atomic E-state index is 13.7. The van der Waals surface area contributed by atoms with Gasteiger partial charge in [-0.15, -0.1) is 11.3 Å². The van der Waals surface area contributed by atoms with Crippen LogP contribution in [-0.2, 0) is 0 Å². The molecule has 0 aliphatic carbocycles. The molecule has 1 N–H and O–H groups in total. The molecule has 0 saturated carbocycles. The molecule has 1 heterocycles. The van der Waals surface area contributed by atoms with E-state index in [0.29, 0.717) is 0 Å². The Morgan fingerprint density at radius 1 is 1.05 bits per heavy atom. The third kappa shape index (κ3) is 3.01. The molecule has 4 heteroatoms. The van der Waals surface area contributed by atoms with Crippen LogP contribution in [0, 0.1) is 18.6 Å². The molecule has 0 aliphatic rings. The molecular formula is C15H17F2NS. The lowest BCUT2D eigenvalue weighted by molar-refractivity contribution is 0.452. The van der Waals surface area contributed by atoms with Gasteiger partial charge < -0.3 is 5.32 Å². The maximum Gasteiger partial charge on any atom is 0.130 e. The number of hydrogen-bond donors (Lipinski definition) is 1. The van der Waals surface area contributed by atoms with Crippen molar-refractivity contribution in [3.05, 3.63) is 57.3 Å². The zero-order chi connectivity index (χ0) is 14.0. The van der Waals surface area contributed by atoms with Crippen LogP contribution in [0.25, 0.3) is 0 Å². The second-order valence-electron chi connectivity index (χ2n) is 4.71. The maximum absolute atomic E-state index is 13.7. The number of aryl methyl sites for hydroxylation is 1. The highest BCUT2D eigenvalue weighted by molar-refractivity contribution is 7.10. The SMILES string of the molecule is Cc1ccsc1C(C)NC(C)c1c(F)cccc1F. The Bertz CT molecular complexity index is 545. The zero-order valence-corrected chi connectivity index (χ0v) is 12.0. The third-order valence-electron chi connectivity index (χ3n) is 3.23. The number of thiophene rings is 1. The van der Waals surface area contributed by atoms with Gasteiger partial charge in [0.25, 0.3) is 0 Å². The minimum Gasteiger partial charge on any atom is -0.303 e. The molecule has 2 unspecified atom stereocenters. The van der Waals surface area contributed by atoms with Gasteiger partial charge in [-0.2, -0.15) is 0 Å². The van der Waals surface area contributed by atoms with E-state index in [1.165, 1.54) is 28.6 Å². The summed E-state index contributed by atoms with van der Waals surface area (Å²) in [6.45, 7) is 5.83. The molecule has 1 aromatic carbocycles. The van der Waals surface area contributed by atoms with Gasteiger partial charge in [0.1, 0.15) is 11.6 Å². The summed E-state index contributed by atoms with van der Waals surface area (Å²) >= 11 is 1.65. The molecule has 0 amide bonds. The molecule has 0 radical (unpaired) electrons. The lowest BCUT2D eigenvalue weighted by Gasteiger charge is -2.21. The predicted octanol–water partition coefficient (Wildman–Crippen LogP) is 4.75. The van der Waals surface area contributed by atoms with Gasteiger partial charge >= 0.3 is 0 Å². The van der Waals surface area contributed by atoms with Crippen LogP contribution in [0.2, 0.25) is 0 Å². The van der Waals surface area contributed by atoms with Crippen molar-refractivity contribution in [1.82, 2.24) is 5.32 Å². The fraction of sp³-hybridized carbons (Fsp3) is 0.333. The van der Waals surface area contributed by atoms with E-state index in [-0.39, 0.29) is 17.6 Å². The molecule has 2 rings (SSSR count). The zero-order valence-electron chi connectivity index (χ0n) is 11.2. The predicted molar refractivity (Wildman–Crippen MR) is 75.4 cm³/mol.